The normalized spacial score (nSPS) is 15.4. The molecule has 18 heavy (non-hydrogen) atoms. The molecule has 0 fully saturated rings. The number of anilines is 1. The van der Waals surface area contributed by atoms with Gasteiger partial charge in [-0.25, -0.2) is 0 Å². The molecule has 0 amide bonds. The fourth-order valence-electron chi connectivity index (χ4n) is 2.73. The maximum Gasteiger partial charge on any atom is 0.125 e. The molecule has 1 unspecified atom stereocenters. The third kappa shape index (κ3) is 2.15. The van der Waals surface area contributed by atoms with E-state index in [1.165, 1.54) is 36.1 Å². The first kappa shape index (κ1) is 11.4. The van der Waals surface area contributed by atoms with Gasteiger partial charge < -0.3 is 9.73 Å². The minimum Gasteiger partial charge on any atom is -0.467 e. The summed E-state index contributed by atoms with van der Waals surface area (Å²) >= 11 is 0. The largest absolute Gasteiger partial charge is 0.467 e. The van der Waals surface area contributed by atoms with E-state index < -0.39 is 0 Å². The van der Waals surface area contributed by atoms with E-state index in [4.69, 9.17) is 4.42 Å². The Balaban J connectivity index is 1.79. The third-order valence-corrected chi connectivity index (χ3v) is 3.73. The van der Waals surface area contributed by atoms with Crippen molar-refractivity contribution in [2.45, 2.75) is 38.6 Å². The molecule has 0 bridgehead atoms. The number of hydrogen-bond acceptors (Lipinski definition) is 2. The van der Waals surface area contributed by atoms with Gasteiger partial charge in [-0.2, -0.15) is 0 Å². The van der Waals surface area contributed by atoms with Crippen LogP contribution in [-0.2, 0) is 12.8 Å². The van der Waals surface area contributed by atoms with Crippen molar-refractivity contribution in [3.8, 4) is 0 Å². The molecule has 1 aromatic heterocycles. The molecule has 0 radical (unpaired) electrons. The molecule has 1 aromatic carbocycles. The van der Waals surface area contributed by atoms with E-state index in [2.05, 4.69) is 30.4 Å². The van der Waals surface area contributed by atoms with Crippen LogP contribution in [-0.4, -0.2) is 0 Å². The number of aryl methyl sites for hydroxylation is 2. The van der Waals surface area contributed by atoms with Gasteiger partial charge in [0.25, 0.3) is 0 Å². The van der Waals surface area contributed by atoms with Gasteiger partial charge in [0.15, 0.2) is 0 Å². The highest BCUT2D eigenvalue weighted by atomic mass is 16.3. The molecule has 2 heteroatoms. The zero-order valence-corrected chi connectivity index (χ0v) is 10.8. The van der Waals surface area contributed by atoms with Crippen molar-refractivity contribution >= 4 is 5.69 Å². The van der Waals surface area contributed by atoms with E-state index in [-0.39, 0.29) is 6.04 Å². The summed E-state index contributed by atoms with van der Waals surface area (Å²) in [6, 6.07) is 11.0. The summed E-state index contributed by atoms with van der Waals surface area (Å²) in [6.45, 7) is 2.17. The molecule has 0 saturated carbocycles. The monoisotopic (exact) mass is 241 g/mol. The summed E-state index contributed by atoms with van der Waals surface area (Å²) in [7, 11) is 0. The van der Waals surface area contributed by atoms with Gasteiger partial charge in [-0.1, -0.05) is 13.0 Å². The minimum absolute atomic E-state index is 0.263. The van der Waals surface area contributed by atoms with E-state index in [0.717, 1.165) is 12.2 Å². The van der Waals surface area contributed by atoms with Gasteiger partial charge >= 0.3 is 0 Å². The molecule has 1 atom stereocenters. The Morgan fingerprint density at radius 1 is 1.22 bits per heavy atom. The molecule has 2 nitrogen and oxygen atoms in total. The van der Waals surface area contributed by atoms with Crippen molar-refractivity contribution in [2.75, 3.05) is 5.32 Å². The van der Waals surface area contributed by atoms with E-state index in [1.807, 2.05) is 12.1 Å². The average Bonchev–Trinajstić information content (AvgIpc) is 3.06. The summed E-state index contributed by atoms with van der Waals surface area (Å²) < 4.78 is 5.49. The van der Waals surface area contributed by atoms with Crippen molar-refractivity contribution in [3.63, 3.8) is 0 Å². The minimum atomic E-state index is 0.263. The van der Waals surface area contributed by atoms with Crippen LogP contribution in [0.2, 0.25) is 0 Å². The lowest BCUT2D eigenvalue weighted by Gasteiger charge is -2.16. The Kier molecular flexibility index (Phi) is 3.09. The van der Waals surface area contributed by atoms with Crippen LogP contribution in [0.25, 0.3) is 0 Å². The smallest absolute Gasteiger partial charge is 0.125 e. The zero-order valence-electron chi connectivity index (χ0n) is 10.8. The molecule has 1 N–H and O–H groups in total. The van der Waals surface area contributed by atoms with Gasteiger partial charge in [0, 0.05) is 5.69 Å². The van der Waals surface area contributed by atoms with Crippen LogP contribution in [0.5, 0.6) is 0 Å². The summed E-state index contributed by atoms with van der Waals surface area (Å²) in [6.07, 6.45) is 6.52. The van der Waals surface area contributed by atoms with E-state index in [0.29, 0.717) is 0 Å². The second-order valence-electron chi connectivity index (χ2n) is 4.96. The van der Waals surface area contributed by atoms with Crippen LogP contribution in [0.4, 0.5) is 5.69 Å². The van der Waals surface area contributed by atoms with Gasteiger partial charge in [0.2, 0.25) is 0 Å². The predicted molar refractivity (Wildman–Crippen MR) is 73.8 cm³/mol. The van der Waals surface area contributed by atoms with Crippen molar-refractivity contribution in [3.05, 3.63) is 53.5 Å². The van der Waals surface area contributed by atoms with Gasteiger partial charge in [-0.05, 0) is 61.1 Å². The Morgan fingerprint density at radius 2 is 2.11 bits per heavy atom. The molecule has 3 rings (SSSR count). The SMILES string of the molecule is CCC(Nc1ccc2c(c1)CCC2)c1ccco1. The second-order valence-corrected chi connectivity index (χ2v) is 4.96. The molecule has 0 spiro atoms. The average molecular weight is 241 g/mol. The topological polar surface area (TPSA) is 25.2 Å². The van der Waals surface area contributed by atoms with Crippen molar-refractivity contribution < 1.29 is 4.42 Å². The van der Waals surface area contributed by atoms with Gasteiger partial charge in [-0.15, -0.1) is 0 Å². The lowest BCUT2D eigenvalue weighted by Crippen LogP contribution is -2.08. The quantitative estimate of drug-likeness (QED) is 0.861. The highest BCUT2D eigenvalue weighted by molar-refractivity contribution is 5.51. The standard InChI is InChI=1S/C16H19NO/c1-2-15(16-7-4-10-18-16)17-14-9-8-12-5-3-6-13(12)11-14/h4,7-11,15,17H,2-3,5-6H2,1H3. The molecule has 1 heterocycles. The molecular weight excluding hydrogens is 222 g/mol. The van der Waals surface area contributed by atoms with Crippen molar-refractivity contribution in [1.82, 2.24) is 0 Å². The number of benzene rings is 1. The van der Waals surface area contributed by atoms with Crippen LogP contribution in [0.3, 0.4) is 0 Å². The summed E-state index contributed by atoms with van der Waals surface area (Å²) in [5.74, 6) is 1.01. The molecule has 0 saturated heterocycles. The van der Waals surface area contributed by atoms with Crippen LogP contribution in [0.1, 0.15) is 42.7 Å². The first-order chi connectivity index (χ1) is 8.86. The van der Waals surface area contributed by atoms with E-state index >= 15 is 0 Å². The maximum absolute atomic E-state index is 5.49. The summed E-state index contributed by atoms with van der Waals surface area (Å²) in [4.78, 5) is 0. The third-order valence-electron chi connectivity index (χ3n) is 3.73. The lowest BCUT2D eigenvalue weighted by atomic mass is 10.1. The van der Waals surface area contributed by atoms with Gasteiger partial charge in [0.1, 0.15) is 5.76 Å². The Hall–Kier alpha value is -1.70. The van der Waals surface area contributed by atoms with E-state index in [9.17, 15) is 0 Å². The van der Waals surface area contributed by atoms with Crippen LogP contribution >= 0.6 is 0 Å². The zero-order chi connectivity index (χ0) is 12.4. The van der Waals surface area contributed by atoms with Crippen LogP contribution in [0.15, 0.2) is 41.0 Å². The number of furan rings is 1. The van der Waals surface area contributed by atoms with Crippen LogP contribution < -0.4 is 5.32 Å². The van der Waals surface area contributed by atoms with Crippen molar-refractivity contribution in [2.24, 2.45) is 0 Å². The fraction of sp³-hybridized carbons (Fsp3) is 0.375. The Labute approximate surface area is 108 Å². The van der Waals surface area contributed by atoms with Crippen LogP contribution in [0, 0.1) is 0 Å². The van der Waals surface area contributed by atoms with E-state index in [1.54, 1.807) is 6.26 Å². The van der Waals surface area contributed by atoms with Gasteiger partial charge in [0.05, 0.1) is 12.3 Å². The number of nitrogens with one attached hydrogen (secondary N) is 1. The van der Waals surface area contributed by atoms with Crippen molar-refractivity contribution in [1.29, 1.82) is 0 Å². The Bertz CT molecular complexity index is 516. The second kappa shape index (κ2) is 4.89. The molecule has 0 aliphatic heterocycles. The fourth-order valence-corrected chi connectivity index (χ4v) is 2.73. The molecular formula is C16H19NO. The maximum atomic E-state index is 5.49. The highest BCUT2D eigenvalue weighted by Gasteiger charge is 2.14. The first-order valence-corrected chi connectivity index (χ1v) is 6.78. The predicted octanol–water partition coefficient (Wildman–Crippen LogP) is 4.33. The summed E-state index contributed by atoms with van der Waals surface area (Å²) in [5.41, 5.74) is 4.24. The molecule has 2 aromatic rings. The number of fused-ring (bicyclic) bond motifs is 1. The number of rotatable bonds is 4. The molecule has 1 aliphatic rings. The molecule has 1 aliphatic carbocycles. The number of hydrogen-bond donors (Lipinski definition) is 1. The Morgan fingerprint density at radius 3 is 2.89 bits per heavy atom. The first-order valence-electron chi connectivity index (χ1n) is 6.78. The summed E-state index contributed by atoms with van der Waals surface area (Å²) in [5, 5.41) is 3.57. The lowest BCUT2D eigenvalue weighted by molar-refractivity contribution is 0.474. The molecule has 94 valence electrons. The highest BCUT2D eigenvalue weighted by Crippen LogP contribution is 2.28. The van der Waals surface area contributed by atoms with Gasteiger partial charge in [-0.3, -0.25) is 0 Å².